The van der Waals surface area contributed by atoms with Gasteiger partial charge in [0.2, 0.25) is 0 Å². The predicted octanol–water partition coefficient (Wildman–Crippen LogP) is 5.05. The molecule has 0 aliphatic heterocycles. The van der Waals surface area contributed by atoms with Crippen molar-refractivity contribution in [1.82, 2.24) is 0 Å². The van der Waals surface area contributed by atoms with E-state index in [0.29, 0.717) is 6.61 Å². The van der Waals surface area contributed by atoms with Gasteiger partial charge in [-0.15, -0.1) is 0 Å². The Kier molecular flexibility index (Phi) is 4.74. The summed E-state index contributed by atoms with van der Waals surface area (Å²) in [4.78, 5) is 0. The molecule has 3 aromatic carbocycles. The molecule has 108 valence electrons. The summed E-state index contributed by atoms with van der Waals surface area (Å²) >= 11 is 0. The number of benzene rings is 3. The summed E-state index contributed by atoms with van der Waals surface area (Å²) < 4.78 is 5.90. The molecule has 0 saturated heterocycles. The third-order valence-electron chi connectivity index (χ3n) is 3.46. The molecule has 0 N–H and O–H groups in total. The van der Waals surface area contributed by atoms with Gasteiger partial charge >= 0.3 is 0 Å². The summed E-state index contributed by atoms with van der Waals surface area (Å²) in [5.74, 6) is 7.32. The van der Waals surface area contributed by atoms with Gasteiger partial charge in [-0.2, -0.15) is 0 Å². The Balaban J connectivity index is 1.52. The standard InChI is InChI=1S/C21H18O/c1-3-10-18(11-4-1)12-5-2-8-17-22-21-16-9-14-19-13-6-7-15-20(19)21/h1,3-4,6-7,9-11,13-16H,2,8,17H2. The van der Waals surface area contributed by atoms with Gasteiger partial charge < -0.3 is 4.74 Å². The Labute approximate surface area is 131 Å². The molecule has 3 aromatic rings. The lowest BCUT2D eigenvalue weighted by Crippen LogP contribution is -1.97. The van der Waals surface area contributed by atoms with E-state index in [0.717, 1.165) is 24.2 Å². The highest BCUT2D eigenvalue weighted by molar-refractivity contribution is 5.88. The van der Waals surface area contributed by atoms with E-state index in [1.807, 2.05) is 54.6 Å². The second-order valence-electron chi connectivity index (χ2n) is 5.10. The number of ether oxygens (including phenoxy) is 1. The van der Waals surface area contributed by atoms with E-state index in [9.17, 15) is 0 Å². The molecule has 0 aromatic heterocycles. The molecule has 0 aliphatic rings. The minimum absolute atomic E-state index is 0.692. The highest BCUT2D eigenvalue weighted by Crippen LogP contribution is 2.25. The summed E-state index contributed by atoms with van der Waals surface area (Å²) in [6.45, 7) is 0.692. The molecule has 0 heterocycles. The SMILES string of the molecule is C(#Cc1ccccc1)CCCOc1cccc2ccccc12. The summed E-state index contributed by atoms with van der Waals surface area (Å²) in [7, 11) is 0. The molecule has 0 radical (unpaired) electrons. The van der Waals surface area contributed by atoms with Crippen molar-refractivity contribution in [3.63, 3.8) is 0 Å². The van der Waals surface area contributed by atoms with Gasteiger partial charge in [-0.25, -0.2) is 0 Å². The van der Waals surface area contributed by atoms with E-state index in [4.69, 9.17) is 4.74 Å². The topological polar surface area (TPSA) is 9.23 Å². The Bertz CT molecular complexity index is 789. The van der Waals surface area contributed by atoms with Gasteiger partial charge in [0, 0.05) is 17.4 Å². The van der Waals surface area contributed by atoms with Gasteiger partial charge in [-0.3, -0.25) is 0 Å². The molecule has 1 heteroatoms. The number of hydrogen-bond acceptors (Lipinski definition) is 1. The first-order valence-electron chi connectivity index (χ1n) is 7.58. The third kappa shape index (κ3) is 3.68. The summed E-state index contributed by atoms with van der Waals surface area (Å²) in [6, 6.07) is 24.5. The number of fused-ring (bicyclic) bond motifs is 1. The lowest BCUT2D eigenvalue weighted by atomic mass is 10.1. The van der Waals surface area contributed by atoms with Gasteiger partial charge in [0.15, 0.2) is 0 Å². The van der Waals surface area contributed by atoms with Crippen LogP contribution in [0.25, 0.3) is 10.8 Å². The van der Waals surface area contributed by atoms with Crippen molar-refractivity contribution in [2.24, 2.45) is 0 Å². The smallest absolute Gasteiger partial charge is 0.127 e. The molecule has 1 nitrogen and oxygen atoms in total. The van der Waals surface area contributed by atoms with Gasteiger partial charge in [0.25, 0.3) is 0 Å². The second kappa shape index (κ2) is 7.33. The van der Waals surface area contributed by atoms with Crippen LogP contribution >= 0.6 is 0 Å². The van der Waals surface area contributed by atoms with E-state index in [1.54, 1.807) is 0 Å². The van der Waals surface area contributed by atoms with Gasteiger partial charge in [0.05, 0.1) is 6.61 Å². The zero-order valence-corrected chi connectivity index (χ0v) is 12.5. The highest BCUT2D eigenvalue weighted by atomic mass is 16.5. The van der Waals surface area contributed by atoms with Crippen molar-refractivity contribution in [1.29, 1.82) is 0 Å². The van der Waals surface area contributed by atoms with Crippen molar-refractivity contribution in [2.75, 3.05) is 6.61 Å². The van der Waals surface area contributed by atoms with Crippen LogP contribution < -0.4 is 4.74 Å². The normalized spacial score (nSPS) is 10.0. The maximum atomic E-state index is 5.90. The first kappa shape index (κ1) is 14.2. The van der Waals surface area contributed by atoms with Crippen molar-refractivity contribution in [2.45, 2.75) is 12.8 Å². The average molecular weight is 286 g/mol. The van der Waals surface area contributed by atoms with Crippen LogP contribution in [0, 0.1) is 11.8 Å². The monoisotopic (exact) mass is 286 g/mol. The molecule has 0 aliphatic carbocycles. The number of rotatable bonds is 4. The number of hydrogen-bond donors (Lipinski definition) is 0. The van der Waals surface area contributed by atoms with Crippen LogP contribution in [0.5, 0.6) is 5.75 Å². The second-order valence-corrected chi connectivity index (χ2v) is 5.10. The summed E-state index contributed by atoms with van der Waals surface area (Å²) in [5.41, 5.74) is 1.07. The minimum atomic E-state index is 0.692. The Morgan fingerprint density at radius 1 is 0.773 bits per heavy atom. The van der Waals surface area contributed by atoms with E-state index in [-0.39, 0.29) is 0 Å². The largest absolute Gasteiger partial charge is 0.493 e. The van der Waals surface area contributed by atoms with Crippen molar-refractivity contribution in [3.8, 4) is 17.6 Å². The van der Waals surface area contributed by atoms with Crippen molar-refractivity contribution >= 4 is 10.8 Å². The fraction of sp³-hybridized carbons (Fsp3) is 0.143. The van der Waals surface area contributed by atoms with Gasteiger partial charge in [0.1, 0.15) is 5.75 Å². The number of unbranched alkanes of at least 4 members (excludes halogenated alkanes) is 1. The van der Waals surface area contributed by atoms with Crippen molar-refractivity contribution in [3.05, 3.63) is 78.4 Å². The molecule has 0 amide bonds. The zero-order chi connectivity index (χ0) is 15.0. The highest BCUT2D eigenvalue weighted by Gasteiger charge is 2.00. The molecular weight excluding hydrogens is 268 g/mol. The van der Waals surface area contributed by atoms with Crippen LogP contribution in [0.2, 0.25) is 0 Å². The van der Waals surface area contributed by atoms with Crippen molar-refractivity contribution < 1.29 is 4.74 Å². The van der Waals surface area contributed by atoms with Crippen LogP contribution in [-0.2, 0) is 0 Å². The Morgan fingerprint density at radius 2 is 1.55 bits per heavy atom. The Morgan fingerprint density at radius 3 is 2.45 bits per heavy atom. The van der Waals surface area contributed by atoms with Crippen LogP contribution in [0.4, 0.5) is 0 Å². The van der Waals surface area contributed by atoms with Gasteiger partial charge in [-0.05, 0) is 30.0 Å². The van der Waals surface area contributed by atoms with E-state index < -0.39 is 0 Å². The molecule has 3 rings (SSSR count). The Hall–Kier alpha value is -2.72. The van der Waals surface area contributed by atoms with Crippen LogP contribution in [0.15, 0.2) is 72.8 Å². The lowest BCUT2D eigenvalue weighted by Gasteiger charge is -2.08. The molecule has 0 atom stereocenters. The third-order valence-corrected chi connectivity index (χ3v) is 3.46. The molecule has 0 fully saturated rings. The molecule has 22 heavy (non-hydrogen) atoms. The predicted molar refractivity (Wildman–Crippen MR) is 92.0 cm³/mol. The summed E-state index contributed by atoms with van der Waals surface area (Å²) in [6.07, 6.45) is 1.78. The van der Waals surface area contributed by atoms with Crippen LogP contribution in [-0.4, -0.2) is 6.61 Å². The lowest BCUT2D eigenvalue weighted by molar-refractivity contribution is 0.316. The minimum Gasteiger partial charge on any atom is -0.493 e. The van der Waals surface area contributed by atoms with Crippen LogP contribution in [0.3, 0.4) is 0 Å². The average Bonchev–Trinajstić information content (AvgIpc) is 2.59. The summed E-state index contributed by atoms with van der Waals surface area (Å²) in [5, 5.41) is 2.38. The first-order valence-corrected chi connectivity index (χ1v) is 7.58. The van der Waals surface area contributed by atoms with E-state index in [1.165, 1.54) is 10.8 Å². The maximum Gasteiger partial charge on any atom is 0.127 e. The molecular formula is C21H18O. The quantitative estimate of drug-likeness (QED) is 0.481. The van der Waals surface area contributed by atoms with E-state index >= 15 is 0 Å². The fourth-order valence-electron chi connectivity index (χ4n) is 2.35. The maximum absolute atomic E-state index is 5.90. The zero-order valence-electron chi connectivity index (χ0n) is 12.5. The molecule has 0 saturated carbocycles. The van der Waals surface area contributed by atoms with Crippen LogP contribution in [0.1, 0.15) is 18.4 Å². The molecule has 0 bridgehead atoms. The first-order chi connectivity index (χ1) is 10.9. The van der Waals surface area contributed by atoms with Gasteiger partial charge in [-0.1, -0.05) is 66.4 Å². The van der Waals surface area contributed by atoms with E-state index in [2.05, 4.69) is 30.0 Å². The molecule has 0 spiro atoms. The fourth-order valence-corrected chi connectivity index (χ4v) is 2.35. The molecule has 0 unspecified atom stereocenters.